The molecule has 0 bridgehead atoms. The van der Waals surface area contributed by atoms with Crippen molar-refractivity contribution >= 4 is 17.6 Å². The van der Waals surface area contributed by atoms with E-state index in [1.807, 2.05) is 13.2 Å². The van der Waals surface area contributed by atoms with Crippen molar-refractivity contribution < 1.29 is 0 Å². The maximum absolute atomic E-state index is 4.55. The summed E-state index contributed by atoms with van der Waals surface area (Å²) >= 11 is 2.06. The summed E-state index contributed by atoms with van der Waals surface area (Å²) in [6.07, 6.45) is 1.93. The van der Waals surface area contributed by atoms with Crippen molar-refractivity contribution in [3.63, 3.8) is 0 Å². The number of hydrogen-bond acceptors (Lipinski definition) is 4. The highest BCUT2D eigenvalue weighted by molar-refractivity contribution is 8.00. The monoisotopic (exact) mass is 265 g/mol. The molecule has 2 rings (SSSR count). The Morgan fingerprint density at radius 3 is 3.00 bits per heavy atom. The van der Waals surface area contributed by atoms with Crippen LogP contribution in [0.25, 0.3) is 0 Å². The van der Waals surface area contributed by atoms with Gasteiger partial charge in [0.25, 0.3) is 0 Å². The van der Waals surface area contributed by atoms with Crippen LogP contribution in [0.4, 0.5) is 5.82 Å². The Labute approximate surface area is 114 Å². The van der Waals surface area contributed by atoms with E-state index in [0.29, 0.717) is 17.3 Å². The van der Waals surface area contributed by atoms with Crippen LogP contribution >= 0.6 is 11.8 Å². The minimum absolute atomic E-state index is 0.374. The van der Waals surface area contributed by atoms with Crippen molar-refractivity contribution in [3.05, 3.63) is 23.9 Å². The molecule has 0 aliphatic carbocycles. The average Bonchev–Trinajstić information content (AvgIpc) is 2.41. The van der Waals surface area contributed by atoms with E-state index in [1.54, 1.807) is 0 Å². The number of nitrogens with one attached hydrogen (secondary N) is 1. The SMILES string of the molecule is CNC(C)c1ccnc(N2CCSC(C)C2C)c1. The van der Waals surface area contributed by atoms with E-state index < -0.39 is 0 Å². The van der Waals surface area contributed by atoms with Crippen LogP contribution in [0.1, 0.15) is 32.4 Å². The van der Waals surface area contributed by atoms with E-state index in [9.17, 15) is 0 Å². The Morgan fingerprint density at radius 2 is 2.28 bits per heavy atom. The molecule has 0 aromatic carbocycles. The summed E-state index contributed by atoms with van der Waals surface area (Å²) in [5, 5.41) is 3.95. The lowest BCUT2D eigenvalue weighted by molar-refractivity contribution is 0.615. The van der Waals surface area contributed by atoms with E-state index in [0.717, 1.165) is 12.4 Å². The van der Waals surface area contributed by atoms with Crippen LogP contribution < -0.4 is 10.2 Å². The molecule has 0 spiro atoms. The fourth-order valence-corrected chi connectivity index (χ4v) is 3.38. The van der Waals surface area contributed by atoms with E-state index in [2.05, 4.69) is 59.9 Å². The van der Waals surface area contributed by atoms with Crippen LogP contribution in [-0.2, 0) is 0 Å². The van der Waals surface area contributed by atoms with Gasteiger partial charge in [-0.3, -0.25) is 0 Å². The molecule has 1 aliphatic heterocycles. The second-order valence-electron chi connectivity index (χ2n) is 4.97. The van der Waals surface area contributed by atoms with Crippen LogP contribution in [-0.4, -0.2) is 35.6 Å². The molecular formula is C14H23N3S. The minimum atomic E-state index is 0.374. The van der Waals surface area contributed by atoms with Crippen molar-refractivity contribution in [1.82, 2.24) is 10.3 Å². The van der Waals surface area contributed by atoms with E-state index in [4.69, 9.17) is 0 Å². The van der Waals surface area contributed by atoms with Crippen molar-refractivity contribution in [3.8, 4) is 0 Å². The third-order valence-corrected chi connectivity index (χ3v) is 5.22. The summed E-state index contributed by atoms with van der Waals surface area (Å²) in [5.74, 6) is 2.31. The summed E-state index contributed by atoms with van der Waals surface area (Å²) in [5.41, 5.74) is 1.31. The summed E-state index contributed by atoms with van der Waals surface area (Å²) in [4.78, 5) is 6.99. The Balaban J connectivity index is 2.22. The first kappa shape index (κ1) is 13.7. The molecule has 4 heteroatoms. The Bertz CT molecular complexity index is 396. The first-order valence-corrected chi connectivity index (χ1v) is 7.70. The predicted octanol–water partition coefficient (Wildman–Crippen LogP) is 2.69. The zero-order chi connectivity index (χ0) is 13.1. The summed E-state index contributed by atoms with van der Waals surface area (Å²) in [6.45, 7) is 7.88. The third kappa shape index (κ3) is 2.81. The number of anilines is 1. The van der Waals surface area contributed by atoms with Crippen LogP contribution in [0.2, 0.25) is 0 Å². The molecule has 0 saturated carbocycles. The Kier molecular flexibility index (Phi) is 4.51. The van der Waals surface area contributed by atoms with Gasteiger partial charge in [-0.2, -0.15) is 11.8 Å². The normalized spacial score (nSPS) is 26.1. The van der Waals surface area contributed by atoms with Gasteiger partial charge in [-0.1, -0.05) is 6.92 Å². The number of thioether (sulfide) groups is 1. The van der Waals surface area contributed by atoms with Crippen molar-refractivity contribution in [2.24, 2.45) is 0 Å². The molecule has 1 N–H and O–H groups in total. The highest BCUT2D eigenvalue weighted by Gasteiger charge is 2.26. The lowest BCUT2D eigenvalue weighted by Gasteiger charge is -2.38. The van der Waals surface area contributed by atoms with Gasteiger partial charge in [0.1, 0.15) is 5.82 Å². The highest BCUT2D eigenvalue weighted by Crippen LogP contribution is 2.28. The van der Waals surface area contributed by atoms with Crippen LogP contribution in [0.5, 0.6) is 0 Å². The van der Waals surface area contributed by atoms with Gasteiger partial charge < -0.3 is 10.2 Å². The summed E-state index contributed by atoms with van der Waals surface area (Å²) in [7, 11) is 1.99. The summed E-state index contributed by atoms with van der Waals surface area (Å²) < 4.78 is 0. The largest absolute Gasteiger partial charge is 0.352 e. The first-order chi connectivity index (χ1) is 8.63. The van der Waals surface area contributed by atoms with E-state index >= 15 is 0 Å². The lowest BCUT2D eigenvalue weighted by Crippen LogP contribution is -2.45. The fourth-order valence-electron chi connectivity index (χ4n) is 2.28. The molecule has 18 heavy (non-hydrogen) atoms. The average molecular weight is 265 g/mol. The number of aromatic nitrogens is 1. The molecule has 0 radical (unpaired) electrons. The molecule has 0 amide bonds. The minimum Gasteiger partial charge on any atom is -0.352 e. The standard InChI is InChI=1S/C14H23N3S/c1-10(15-4)13-5-6-16-14(9-13)17-7-8-18-12(3)11(17)2/h5-6,9-12,15H,7-8H2,1-4H3. The number of pyridine rings is 1. The van der Waals surface area contributed by atoms with Crippen LogP contribution in [0.3, 0.4) is 0 Å². The highest BCUT2D eigenvalue weighted by atomic mass is 32.2. The molecule has 3 nitrogen and oxygen atoms in total. The maximum atomic E-state index is 4.55. The molecule has 100 valence electrons. The predicted molar refractivity (Wildman–Crippen MR) is 80.4 cm³/mol. The van der Waals surface area contributed by atoms with E-state index in [-0.39, 0.29) is 0 Å². The van der Waals surface area contributed by atoms with Gasteiger partial charge in [-0.15, -0.1) is 0 Å². The number of rotatable bonds is 3. The molecule has 2 heterocycles. The maximum Gasteiger partial charge on any atom is 0.129 e. The number of nitrogens with zero attached hydrogens (tertiary/aromatic N) is 2. The topological polar surface area (TPSA) is 28.2 Å². The second-order valence-corrected chi connectivity index (χ2v) is 6.45. The summed E-state index contributed by atoms with van der Waals surface area (Å²) in [6, 6.07) is 5.24. The van der Waals surface area contributed by atoms with Gasteiger partial charge in [0.2, 0.25) is 0 Å². The molecule has 3 unspecified atom stereocenters. The molecule has 1 aromatic rings. The van der Waals surface area contributed by atoms with Crippen molar-refractivity contribution in [1.29, 1.82) is 0 Å². The van der Waals surface area contributed by atoms with Gasteiger partial charge in [0, 0.05) is 35.8 Å². The molecule has 1 aliphatic rings. The quantitative estimate of drug-likeness (QED) is 0.909. The zero-order valence-electron chi connectivity index (χ0n) is 11.7. The molecule has 3 atom stereocenters. The molecular weight excluding hydrogens is 242 g/mol. The molecule has 1 saturated heterocycles. The smallest absolute Gasteiger partial charge is 0.129 e. The Hall–Kier alpha value is -0.740. The van der Waals surface area contributed by atoms with Gasteiger partial charge in [0.15, 0.2) is 0 Å². The van der Waals surface area contributed by atoms with Crippen molar-refractivity contribution in [2.45, 2.75) is 38.1 Å². The van der Waals surface area contributed by atoms with Gasteiger partial charge >= 0.3 is 0 Å². The van der Waals surface area contributed by atoms with Gasteiger partial charge in [0.05, 0.1) is 0 Å². The van der Waals surface area contributed by atoms with Gasteiger partial charge in [-0.05, 0) is 38.6 Å². The second kappa shape index (κ2) is 5.93. The lowest BCUT2D eigenvalue weighted by atomic mass is 10.1. The van der Waals surface area contributed by atoms with Gasteiger partial charge in [-0.25, -0.2) is 4.98 Å². The fraction of sp³-hybridized carbons (Fsp3) is 0.643. The Morgan fingerprint density at radius 1 is 1.50 bits per heavy atom. The molecule has 1 fully saturated rings. The van der Waals surface area contributed by atoms with E-state index in [1.165, 1.54) is 11.3 Å². The van der Waals surface area contributed by atoms with Crippen LogP contribution in [0.15, 0.2) is 18.3 Å². The van der Waals surface area contributed by atoms with Crippen LogP contribution in [0, 0.1) is 0 Å². The molecule has 1 aromatic heterocycles. The third-order valence-electron chi connectivity index (χ3n) is 3.88. The van der Waals surface area contributed by atoms with Crippen molar-refractivity contribution in [2.75, 3.05) is 24.2 Å². The number of hydrogen-bond donors (Lipinski definition) is 1. The zero-order valence-corrected chi connectivity index (χ0v) is 12.5. The first-order valence-electron chi connectivity index (χ1n) is 6.65.